The Morgan fingerprint density at radius 1 is 1.56 bits per heavy atom. The summed E-state index contributed by atoms with van der Waals surface area (Å²) in [5.41, 5.74) is 1.31. The van der Waals surface area contributed by atoms with Crippen LogP contribution in [0.2, 0.25) is 0 Å². The maximum atomic E-state index is 2.94. The molecule has 0 spiro atoms. The highest BCUT2D eigenvalue weighted by Gasteiger charge is 1.75. The lowest BCUT2D eigenvalue weighted by Gasteiger charge is -1.88. The highest BCUT2D eigenvalue weighted by molar-refractivity contribution is 5.14. The van der Waals surface area contributed by atoms with Crippen molar-refractivity contribution in [2.24, 2.45) is 0 Å². The van der Waals surface area contributed by atoms with E-state index in [0.717, 1.165) is 6.42 Å². The Morgan fingerprint density at radius 3 is 2.67 bits per heavy atom. The van der Waals surface area contributed by atoms with Crippen LogP contribution < -0.4 is 5.32 Å². The van der Waals surface area contributed by atoms with Gasteiger partial charge in [-0.1, -0.05) is 18.6 Å². The van der Waals surface area contributed by atoms with E-state index < -0.39 is 0 Å². The maximum Gasteiger partial charge on any atom is 0.00277 e. The van der Waals surface area contributed by atoms with Gasteiger partial charge in [0.1, 0.15) is 0 Å². The SMILES string of the molecule is CC/C=C(C)\C=C/NC. The van der Waals surface area contributed by atoms with Crippen molar-refractivity contribution in [2.75, 3.05) is 7.05 Å². The molecule has 0 aliphatic rings. The molecule has 0 bridgehead atoms. The zero-order chi connectivity index (χ0) is 7.11. The minimum atomic E-state index is 1.11. The van der Waals surface area contributed by atoms with Gasteiger partial charge in [-0.25, -0.2) is 0 Å². The molecule has 0 fully saturated rings. The van der Waals surface area contributed by atoms with Gasteiger partial charge < -0.3 is 5.32 Å². The van der Waals surface area contributed by atoms with Gasteiger partial charge >= 0.3 is 0 Å². The molecule has 0 unspecified atom stereocenters. The summed E-state index contributed by atoms with van der Waals surface area (Å²) in [5.74, 6) is 0. The number of nitrogens with one attached hydrogen (secondary N) is 1. The van der Waals surface area contributed by atoms with Crippen molar-refractivity contribution < 1.29 is 0 Å². The van der Waals surface area contributed by atoms with Crippen LogP contribution >= 0.6 is 0 Å². The summed E-state index contributed by atoms with van der Waals surface area (Å²) in [6.45, 7) is 4.23. The van der Waals surface area contributed by atoms with Crippen LogP contribution in [0.15, 0.2) is 23.9 Å². The first kappa shape index (κ1) is 8.28. The lowest BCUT2D eigenvalue weighted by atomic mass is 10.2. The molecule has 0 heterocycles. The Balaban J connectivity index is 3.60. The van der Waals surface area contributed by atoms with Crippen molar-refractivity contribution in [3.8, 4) is 0 Å². The van der Waals surface area contributed by atoms with Gasteiger partial charge in [0, 0.05) is 7.05 Å². The van der Waals surface area contributed by atoms with Crippen molar-refractivity contribution >= 4 is 0 Å². The van der Waals surface area contributed by atoms with E-state index in [4.69, 9.17) is 0 Å². The highest BCUT2D eigenvalue weighted by atomic mass is 14.8. The van der Waals surface area contributed by atoms with Crippen molar-refractivity contribution in [2.45, 2.75) is 20.3 Å². The third-order valence-electron chi connectivity index (χ3n) is 1.04. The minimum absolute atomic E-state index is 1.11. The quantitative estimate of drug-likeness (QED) is 0.569. The molecule has 0 atom stereocenters. The molecule has 1 N–H and O–H groups in total. The van der Waals surface area contributed by atoms with E-state index in [1.54, 1.807) is 0 Å². The first-order chi connectivity index (χ1) is 4.31. The van der Waals surface area contributed by atoms with E-state index in [9.17, 15) is 0 Å². The summed E-state index contributed by atoms with van der Waals surface area (Å²) in [6, 6.07) is 0. The van der Waals surface area contributed by atoms with Crippen LogP contribution in [0.5, 0.6) is 0 Å². The normalized spacial score (nSPS) is 12.6. The van der Waals surface area contributed by atoms with E-state index >= 15 is 0 Å². The standard InChI is InChI=1S/C8H15N/c1-4-5-8(2)6-7-9-3/h5-7,9H,4H2,1-3H3/b7-6-,8-5-. The molecule has 9 heavy (non-hydrogen) atoms. The number of hydrogen-bond donors (Lipinski definition) is 1. The molecular formula is C8H15N. The van der Waals surface area contributed by atoms with Crippen LogP contribution in [-0.2, 0) is 0 Å². The first-order valence-corrected chi connectivity index (χ1v) is 3.31. The van der Waals surface area contributed by atoms with Crippen LogP contribution in [0.25, 0.3) is 0 Å². The molecule has 52 valence electrons. The van der Waals surface area contributed by atoms with Gasteiger partial charge in [0.05, 0.1) is 0 Å². The molecule has 0 amide bonds. The molecule has 0 radical (unpaired) electrons. The van der Waals surface area contributed by atoms with Crippen molar-refractivity contribution in [3.63, 3.8) is 0 Å². The predicted octanol–water partition coefficient (Wildman–Crippen LogP) is 2.08. The van der Waals surface area contributed by atoms with Gasteiger partial charge in [-0.15, -0.1) is 0 Å². The average Bonchev–Trinajstić information content (AvgIpc) is 1.85. The largest absolute Gasteiger partial charge is 0.394 e. The molecule has 0 aromatic heterocycles. The summed E-state index contributed by atoms with van der Waals surface area (Å²) >= 11 is 0. The van der Waals surface area contributed by atoms with Crippen molar-refractivity contribution in [3.05, 3.63) is 23.9 Å². The lowest BCUT2D eigenvalue weighted by Crippen LogP contribution is -1.90. The summed E-state index contributed by atoms with van der Waals surface area (Å²) in [6.07, 6.45) is 7.29. The van der Waals surface area contributed by atoms with E-state index in [2.05, 4.69) is 31.3 Å². The number of allylic oxidation sites excluding steroid dienone is 3. The molecule has 0 aliphatic carbocycles. The van der Waals surface area contributed by atoms with Crippen LogP contribution in [0.4, 0.5) is 0 Å². The Labute approximate surface area is 57.5 Å². The van der Waals surface area contributed by atoms with Gasteiger partial charge in [-0.3, -0.25) is 0 Å². The predicted molar refractivity (Wildman–Crippen MR) is 42.2 cm³/mol. The van der Waals surface area contributed by atoms with E-state index in [0.29, 0.717) is 0 Å². The molecule has 0 aromatic carbocycles. The summed E-state index contributed by atoms with van der Waals surface area (Å²) < 4.78 is 0. The third-order valence-corrected chi connectivity index (χ3v) is 1.04. The van der Waals surface area contributed by atoms with E-state index in [1.165, 1.54) is 5.57 Å². The topological polar surface area (TPSA) is 12.0 Å². The minimum Gasteiger partial charge on any atom is -0.394 e. The Morgan fingerprint density at radius 2 is 2.22 bits per heavy atom. The molecule has 1 nitrogen and oxygen atoms in total. The Kier molecular flexibility index (Phi) is 4.98. The van der Waals surface area contributed by atoms with Gasteiger partial charge in [-0.2, -0.15) is 0 Å². The molecular weight excluding hydrogens is 110 g/mol. The summed E-state index contributed by atoms with van der Waals surface area (Å²) in [5, 5.41) is 2.94. The van der Waals surface area contributed by atoms with Crippen molar-refractivity contribution in [1.82, 2.24) is 5.32 Å². The van der Waals surface area contributed by atoms with Gasteiger partial charge in [0.2, 0.25) is 0 Å². The second kappa shape index (κ2) is 5.42. The number of hydrogen-bond acceptors (Lipinski definition) is 1. The average molecular weight is 125 g/mol. The van der Waals surface area contributed by atoms with Crippen LogP contribution in [0, 0.1) is 0 Å². The molecule has 1 heteroatoms. The van der Waals surface area contributed by atoms with Gasteiger partial charge in [0.15, 0.2) is 0 Å². The first-order valence-electron chi connectivity index (χ1n) is 3.31. The smallest absolute Gasteiger partial charge is 0.00277 e. The van der Waals surface area contributed by atoms with Crippen molar-refractivity contribution in [1.29, 1.82) is 0 Å². The maximum absolute atomic E-state index is 2.94. The molecule has 0 rings (SSSR count). The molecule has 0 saturated heterocycles. The zero-order valence-electron chi connectivity index (χ0n) is 6.44. The van der Waals surface area contributed by atoms with E-state index in [-0.39, 0.29) is 0 Å². The highest BCUT2D eigenvalue weighted by Crippen LogP contribution is 1.94. The molecule has 0 aliphatic heterocycles. The summed E-state index contributed by atoms with van der Waals surface area (Å²) in [7, 11) is 1.90. The van der Waals surface area contributed by atoms with Gasteiger partial charge in [-0.05, 0) is 25.6 Å². The molecule has 0 saturated carbocycles. The fraction of sp³-hybridized carbons (Fsp3) is 0.500. The zero-order valence-corrected chi connectivity index (χ0v) is 6.44. The Bertz CT molecular complexity index is 112. The van der Waals surface area contributed by atoms with Crippen LogP contribution in [0.1, 0.15) is 20.3 Å². The monoisotopic (exact) mass is 125 g/mol. The fourth-order valence-corrected chi connectivity index (χ4v) is 0.605. The van der Waals surface area contributed by atoms with Gasteiger partial charge in [0.25, 0.3) is 0 Å². The van der Waals surface area contributed by atoms with Crippen LogP contribution in [0.3, 0.4) is 0 Å². The summed E-state index contributed by atoms with van der Waals surface area (Å²) in [4.78, 5) is 0. The fourth-order valence-electron chi connectivity index (χ4n) is 0.605. The second-order valence-corrected chi connectivity index (χ2v) is 1.98. The second-order valence-electron chi connectivity index (χ2n) is 1.98. The van der Waals surface area contributed by atoms with Crippen LogP contribution in [-0.4, -0.2) is 7.05 Å². The lowest BCUT2D eigenvalue weighted by molar-refractivity contribution is 1.10. The third kappa shape index (κ3) is 5.15. The number of rotatable bonds is 3. The Hall–Kier alpha value is -0.720. The van der Waals surface area contributed by atoms with E-state index in [1.807, 2.05) is 13.2 Å². The molecule has 0 aromatic rings.